The third-order valence-corrected chi connectivity index (χ3v) is 4.93. The number of benzene rings is 2. The molecule has 30 heavy (non-hydrogen) atoms. The zero-order valence-corrected chi connectivity index (χ0v) is 17.8. The highest BCUT2D eigenvalue weighted by Gasteiger charge is 2.03. The second-order valence-electron chi connectivity index (χ2n) is 7.42. The Morgan fingerprint density at radius 3 is 1.67 bits per heavy atom. The van der Waals surface area contributed by atoms with Gasteiger partial charge in [0.05, 0.1) is 18.8 Å². The molecule has 0 saturated carbocycles. The van der Waals surface area contributed by atoms with E-state index in [0.29, 0.717) is 6.61 Å². The molecule has 0 aliphatic heterocycles. The Morgan fingerprint density at radius 1 is 0.700 bits per heavy atom. The molecule has 0 saturated heterocycles. The van der Waals surface area contributed by atoms with Gasteiger partial charge in [0.2, 0.25) is 0 Å². The quantitative estimate of drug-likeness (QED) is 0.299. The molecule has 0 heterocycles. The van der Waals surface area contributed by atoms with Crippen LogP contribution in [0.4, 0.5) is 0 Å². The molecular weight excluding hydrogens is 380 g/mol. The van der Waals surface area contributed by atoms with Crippen LogP contribution in [-0.2, 0) is 9.53 Å². The van der Waals surface area contributed by atoms with Crippen molar-refractivity contribution in [3.8, 4) is 16.9 Å². The Morgan fingerprint density at radius 2 is 1.17 bits per heavy atom. The lowest BCUT2D eigenvalue weighted by atomic mass is 10.0. The smallest absolute Gasteiger partial charge is 0.335 e. The molecule has 0 atom stereocenters. The lowest BCUT2D eigenvalue weighted by Gasteiger charge is -2.08. The average molecular weight is 413 g/mol. The van der Waals surface area contributed by atoms with Crippen LogP contribution in [0, 0.1) is 0 Å². The van der Waals surface area contributed by atoms with Gasteiger partial charge in [0, 0.05) is 6.92 Å². The van der Waals surface area contributed by atoms with Crippen molar-refractivity contribution in [2.75, 3.05) is 13.2 Å². The number of carbonyl (C=O) groups is 2. The van der Waals surface area contributed by atoms with Gasteiger partial charge in [0.25, 0.3) is 0 Å². The van der Waals surface area contributed by atoms with Crippen molar-refractivity contribution in [1.82, 2.24) is 0 Å². The number of aromatic carboxylic acids is 1. The Kier molecular flexibility index (Phi) is 10.5. The van der Waals surface area contributed by atoms with Gasteiger partial charge in [0.1, 0.15) is 5.75 Å². The van der Waals surface area contributed by atoms with Crippen LogP contribution in [0.1, 0.15) is 68.6 Å². The van der Waals surface area contributed by atoms with Crippen LogP contribution in [0.3, 0.4) is 0 Å². The predicted molar refractivity (Wildman–Crippen MR) is 118 cm³/mol. The summed E-state index contributed by atoms with van der Waals surface area (Å²) >= 11 is 0. The molecule has 2 aromatic rings. The molecule has 5 heteroatoms. The van der Waals surface area contributed by atoms with E-state index in [1.165, 1.54) is 39.0 Å². The average Bonchev–Trinajstić information content (AvgIpc) is 2.75. The summed E-state index contributed by atoms with van der Waals surface area (Å²) in [7, 11) is 0. The first-order valence-corrected chi connectivity index (χ1v) is 10.8. The summed E-state index contributed by atoms with van der Waals surface area (Å²) in [5.74, 6) is -0.254. The van der Waals surface area contributed by atoms with Crippen LogP contribution in [0.25, 0.3) is 11.1 Å². The van der Waals surface area contributed by atoms with E-state index in [2.05, 4.69) is 0 Å². The number of rotatable bonds is 14. The molecule has 0 fully saturated rings. The minimum atomic E-state index is -0.915. The van der Waals surface area contributed by atoms with E-state index >= 15 is 0 Å². The van der Waals surface area contributed by atoms with Crippen LogP contribution in [0.2, 0.25) is 0 Å². The van der Waals surface area contributed by atoms with E-state index in [-0.39, 0.29) is 11.5 Å². The molecule has 162 valence electrons. The van der Waals surface area contributed by atoms with Crippen LogP contribution in [0.15, 0.2) is 48.5 Å². The molecule has 0 amide bonds. The molecule has 0 aliphatic carbocycles. The monoisotopic (exact) mass is 412 g/mol. The summed E-state index contributed by atoms with van der Waals surface area (Å²) in [6.07, 6.45) is 9.18. The number of carboxylic acids is 1. The number of carboxylic acid groups (broad SMARTS) is 1. The minimum absolute atomic E-state index is 0.194. The maximum atomic E-state index is 10.9. The van der Waals surface area contributed by atoms with Crippen molar-refractivity contribution in [3.63, 3.8) is 0 Å². The van der Waals surface area contributed by atoms with Crippen LogP contribution in [-0.4, -0.2) is 30.3 Å². The Bertz CT molecular complexity index is 765. The zero-order chi connectivity index (χ0) is 21.6. The van der Waals surface area contributed by atoms with E-state index in [4.69, 9.17) is 14.6 Å². The molecule has 2 rings (SSSR count). The number of ether oxygens (including phenoxy) is 2. The molecule has 0 aliphatic rings. The zero-order valence-electron chi connectivity index (χ0n) is 17.8. The fraction of sp³-hybridized carbons (Fsp3) is 0.440. The van der Waals surface area contributed by atoms with Crippen LogP contribution < -0.4 is 4.74 Å². The SMILES string of the molecule is CC(=O)OCCCCCCCCCCOc1ccc(-c2ccc(C(=O)O)cc2)cc1. The summed E-state index contributed by atoms with van der Waals surface area (Å²) in [6.45, 7) is 2.71. The summed E-state index contributed by atoms with van der Waals surface area (Å²) < 4.78 is 10.7. The van der Waals surface area contributed by atoms with Crippen LogP contribution in [0.5, 0.6) is 5.75 Å². The van der Waals surface area contributed by atoms with Gasteiger partial charge in [-0.15, -0.1) is 0 Å². The number of esters is 1. The first-order chi connectivity index (χ1) is 14.6. The van der Waals surface area contributed by atoms with Gasteiger partial charge in [-0.25, -0.2) is 4.79 Å². The van der Waals surface area contributed by atoms with E-state index in [9.17, 15) is 9.59 Å². The van der Waals surface area contributed by atoms with E-state index in [0.717, 1.165) is 42.7 Å². The fourth-order valence-corrected chi connectivity index (χ4v) is 3.22. The normalized spacial score (nSPS) is 10.6. The van der Waals surface area contributed by atoms with Gasteiger partial charge in [-0.1, -0.05) is 62.8 Å². The summed E-state index contributed by atoms with van der Waals surface area (Å²) in [6, 6.07) is 14.8. The van der Waals surface area contributed by atoms with Gasteiger partial charge in [0.15, 0.2) is 0 Å². The third-order valence-electron chi connectivity index (χ3n) is 4.93. The number of carbonyl (C=O) groups excluding carboxylic acids is 1. The maximum absolute atomic E-state index is 10.9. The molecule has 2 aromatic carbocycles. The van der Waals surface area contributed by atoms with Crippen molar-refractivity contribution in [2.24, 2.45) is 0 Å². The number of unbranched alkanes of at least 4 members (excludes halogenated alkanes) is 7. The van der Waals surface area contributed by atoms with Gasteiger partial charge >= 0.3 is 11.9 Å². The van der Waals surface area contributed by atoms with Crippen LogP contribution >= 0.6 is 0 Å². The highest BCUT2D eigenvalue weighted by atomic mass is 16.5. The molecule has 1 N–H and O–H groups in total. The molecule has 0 radical (unpaired) electrons. The Hall–Kier alpha value is -2.82. The highest BCUT2D eigenvalue weighted by molar-refractivity contribution is 5.88. The fourth-order valence-electron chi connectivity index (χ4n) is 3.22. The summed E-state index contributed by atoms with van der Waals surface area (Å²) in [5.41, 5.74) is 2.31. The first kappa shape index (κ1) is 23.5. The van der Waals surface area contributed by atoms with Crippen molar-refractivity contribution in [1.29, 1.82) is 0 Å². The van der Waals surface area contributed by atoms with E-state index in [1.807, 2.05) is 36.4 Å². The largest absolute Gasteiger partial charge is 0.494 e. The van der Waals surface area contributed by atoms with E-state index in [1.54, 1.807) is 12.1 Å². The molecule has 0 aromatic heterocycles. The summed E-state index contributed by atoms with van der Waals surface area (Å²) in [5, 5.41) is 8.97. The maximum Gasteiger partial charge on any atom is 0.335 e. The van der Waals surface area contributed by atoms with Crippen molar-refractivity contribution in [2.45, 2.75) is 58.3 Å². The minimum Gasteiger partial charge on any atom is -0.494 e. The number of hydrogen-bond donors (Lipinski definition) is 1. The second kappa shape index (κ2) is 13.4. The van der Waals surface area contributed by atoms with Gasteiger partial charge < -0.3 is 14.6 Å². The number of hydrogen-bond acceptors (Lipinski definition) is 4. The lowest BCUT2D eigenvalue weighted by Crippen LogP contribution is -2.00. The second-order valence-corrected chi connectivity index (χ2v) is 7.42. The highest BCUT2D eigenvalue weighted by Crippen LogP contribution is 2.23. The molecule has 5 nitrogen and oxygen atoms in total. The van der Waals surface area contributed by atoms with Gasteiger partial charge in [-0.3, -0.25) is 4.79 Å². The van der Waals surface area contributed by atoms with Crippen molar-refractivity contribution in [3.05, 3.63) is 54.1 Å². The standard InChI is InChI=1S/C25H32O5/c1-20(26)29-18-8-6-4-2-3-5-7-9-19-30-24-16-14-22(15-17-24)21-10-12-23(13-11-21)25(27)28/h10-17H,2-9,18-19H2,1H3,(H,27,28). The van der Waals surface area contributed by atoms with E-state index < -0.39 is 5.97 Å². The molecular formula is C25H32O5. The van der Waals surface area contributed by atoms with Gasteiger partial charge in [-0.2, -0.15) is 0 Å². The lowest BCUT2D eigenvalue weighted by molar-refractivity contribution is -0.141. The van der Waals surface area contributed by atoms with Gasteiger partial charge in [-0.05, 0) is 48.2 Å². The third kappa shape index (κ3) is 9.12. The predicted octanol–water partition coefficient (Wildman–Crippen LogP) is 6.11. The van der Waals surface area contributed by atoms with Crippen molar-refractivity contribution >= 4 is 11.9 Å². The topological polar surface area (TPSA) is 72.8 Å². The Labute approximate surface area is 179 Å². The first-order valence-electron chi connectivity index (χ1n) is 10.8. The molecule has 0 bridgehead atoms. The Balaban J connectivity index is 1.53. The van der Waals surface area contributed by atoms with Crippen molar-refractivity contribution < 1.29 is 24.2 Å². The summed E-state index contributed by atoms with van der Waals surface area (Å²) in [4.78, 5) is 21.6. The molecule has 0 unspecified atom stereocenters. The molecule has 0 spiro atoms.